The molecule has 8 heteroatoms. The van der Waals surface area contributed by atoms with Gasteiger partial charge in [0.1, 0.15) is 17.3 Å². The molecule has 140 valence electrons. The van der Waals surface area contributed by atoms with Gasteiger partial charge in [0.05, 0.1) is 24.1 Å². The van der Waals surface area contributed by atoms with E-state index in [1.54, 1.807) is 42.6 Å². The maximum atomic E-state index is 13.7. The van der Waals surface area contributed by atoms with Gasteiger partial charge in [0, 0.05) is 17.3 Å². The number of nitrogens with one attached hydrogen (secondary N) is 2. The third-order valence-corrected chi connectivity index (χ3v) is 4.14. The van der Waals surface area contributed by atoms with Crippen molar-refractivity contribution < 1.29 is 13.6 Å². The third-order valence-electron chi connectivity index (χ3n) is 4.14. The highest BCUT2D eigenvalue weighted by Crippen LogP contribution is 2.19. The van der Waals surface area contributed by atoms with E-state index in [9.17, 15) is 13.6 Å². The molecule has 0 aliphatic rings. The Balaban J connectivity index is 1.44. The predicted molar refractivity (Wildman–Crippen MR) is 99.7 cm³/mol. The minimum atomic E-state index is -0.397. The number of carbonyl (C=O) groups excluding carboxylic acids is 1. The average molecular weight is 379 g/mol. The van der Waals surface area contributed by atoms with Crippen molar-refractivity contribution in [2.24, 2.45) is 0 Å². The predicted octanol–water partition coefficient (Wildman–Crippen LogP) is 3.85. The van der Waals surface area contributed by atoms with Crippen molar-refractivity contribution in [3.63, 3.8) is 0 Å². The van der Waals surface area contributed by atoms with Crippen LogP contribution >= 0.6 is 0 Å². The van der Waals surface area contributed by atoms with E-state index in [-0.39, 0.29) is 23.9 Å². The Morgan fingerprint density at radius 1 is 1.11 bits per heavy atom. The van der Waals surface area contributed by atoms with Gasteiger partial charge in [-0.1, -0.05) is 18.2 Å². The average Bonchev–Trinajstić information content (AvgIpc) is 3.34. The monoisotopic (exact) mass is 379 g/mol. The number of nitrogens with zero attached hydrogens (tertiary/aromatic N) is 3. The number of carbonyl (C=O) groups is 1. The molecule has 6 nitrogen and oxygen atoms in total. The molecular formula is C20H15F2N5O. The molecule has 0 fully saturated rings. The lowest BCUT2D eigenvalue weighted by Gasteiger charge is -2.03. The minimum Gasteiger partial charge on any atom is -0.318 e. The van der Waals surface area contributed by atoms with Gasteiger partial charge in [-0.2, -0.15) is 10.2 Å². The number of anilines is 1. The summed E-state index contributed by atoms with van der Waals surface area (Å²) in [5.74, 6) is -1.05. The zero-order chi connectivity index (χ0) is 19.5. The molecule has 1 amide bonds. The fourth-order valence-corrected chi connectivity index (χ4v) is 2.72. The quantitative estimate of drug-likeness (QED) is 0.553. The molecule has 0 saturated heterocycles. The first-order valence-electron chi connectivity index (χ1n) is 8.47. The molecule has 2 N–H and O–H groups in total. The lowest BCUT2D eigenvalue weighted by atomic mass is 10.1. The Hall–Kier alpha value is -3.81. The molecule has 0 aliphatic carbocycles. The summed E-state index contributed by atoms with van der Waals surface area (Å²) in [4.78, 5) is 12.4. The Bertz CT molecular complexity index is 1120. The first-order valence-corrected chi connectivity index (χ1v) is 8.47. The maximum Gasteiger partial charge on any atom is 0.273 e. The molecule has 0 bridgehead atoms. The van der Waals surface area contributed by atoms with Crippen LogP contribution in [0.15, 0.2) is 67.0 Å². The van der Waals surface area contributed by atoms with Gasteiger partial charge in [0.2, 0.25) is 0 Å². The minimum absolute atomic E-state index is 0.251. The van der Waals surface area contributed by atoms with E-state index in [1.807, 2.05) is 0 Å². The Kier molecular flexibility index (Phi) is 4.67. The molecular weight excluding hydrogens is 364 g/mol. The summed E-state index contributed by atoms with van der Waals surface area (Å²) in [6, 6.07) is 13.8. The second kappa shape index (κ2) is 7.43. The van der Waals surface area contributed by atoms with E-state index in [0.717, 1.165) is 0 Å². The Labute approximate surface area is 158 Å². The lowest BCUT2D eigenvalue weighted by Crippen LogP contribution is -2.11. The molecule has 0 spiro atoms. The molecule has 0 aliphatic heterocycles. The highest BCUT2D eigenvalue weighted by molar-refractivity contribution is 6.03. The standard InChI is InChI=1S/C20H15F2N5O/c21-15-7-5-13(6-8-15)18-9-19(26-25-18)20(28)24-16-10-23-27(12-16)11-14-3-1-2-4-17(14)22/h1-10,12H,11H2,(H,24,28)(H,25,26). The smallest absolute Gasteiger partial charge is 0.273 e. The van der Waals surface area contributed by atoms with Crippen LogP contribution in [0, 0.1) is 11.6 Å². The van der Waals surface area contributed by atoms with Gasteiger partial charge in [0.25, 0.3) is 5.91 Å². The number of hydrogen-bond acceptors (Lipinski definition) is 3. The summed E-state index contributed by atoms with van der Waals surface area (Å²) >= 11 is 0. The lowest BCUT2D eigenvalue weighted by molar-refractivity contribution is 0.102. The van der Waals surface area contributed by atoms with Gasteiger partial charge in [-0.3, -0.25) is 14.6 Å². The first-order chi connectivity index (χ1) is 13.6. The van der Waals surface area contributed by atoms with Crippen LogP contribution in [-0.2, 0) is 6.54 Å². The molecule has 2 heterocycles. The number of aromatic amines is 1. The second-order valence-corrected chi connectivity index (χ2v) is 6.15. The number of H-pyrrole nitrogens is 1. The SMILES string of the molecule is O=C(Nc1cnn(Cc2ccccc2F)c1)c1cc(-c2ccc(F)cc2)n[nH]1. The van der Waals surface area contributed by atoms with E-state index < -0.39 is 5.91 Å². The number of benzene rings is 2. The molecule has 0 atom stereocenters. The van der Waals surface area contributed by atoms with E-state index >= 15 is 0 Å². The maximum absolute atomic E-state index is 13.7. The van der Waals surface area contributed by atoms with Crippen LogP contribution in [0.4, 0.5) is 14.5 Å². The summed E-state index contributed by atoms with van der Waals surface area (Å²) < 4.78 is 28.3. The van der Waals surface area contributed by atoms with E-state index in [0.29, 0.717) is 22.5 Å². The molecule has 2 aromatic carbocycles. The molecule has 0 radical (unpaired) electrons. The van der Waals surface area contributed by atoms with Crippen molar-refractivity contribution in [2.45, 2.75) is 6.54 Å². The van der Waals surface area contributed by atoms with Gasteiger partial charge in [-0.05, 0) is 36.4 Å². The van der Waals surface area contributed by atoms with E-state index in [4.69, 9.17) is 0 Å². The highest BCUT2D eigenvalue weighted by Gasteiger charge is 2.13. The van der Waals surface area contributed by atoms with Crippen LogP contribution in [0.25, 0.3) is 11.3 Å². The summed E-state index contributed by atoms with van der Waals surface area (Å²) in [7, 11) is 0. The molecule has 4 rings (SSSR count). The van der Waals surface area contributed by atoms with E-state index in [1.165, 1.54) is 29.1 Å². The molecule has 0 unspecified atom stereocenters. The third kappa shape index (κ3) is 3.80. The van der Waals surface area contributed by atoms with Crippen LogP contribution in [0.3, 0.4) is 0 Å². The Morgan fingerprint density at radius 2 is 1.89 bits per heavy atom. The first kappa shape index (κ1) is 17.6. The number of amides is 1. The van der Waals surface area contributed by atoms with Crippen LogP contribution in [0.1, 0.15) is 16.1 Å². The van der Waals surface area contributed by atoms with Crippen molar-refractivity contribution in [3.05, 3.63) is 89.9 Å². The van der Waals surface area contributed by atoms with Gasteiger partial charge >= 0.3 is 0 Å². The van der Waals surface area contributed by atoms with Crippen LogP contribution in [-0.4, -0.2) is 25.9 Å². The van der Waals surface area contributed by atoms with E-state index in [2.05, 4.69) is 20.6 Å². The van der Waals surface area contributed by atoms with Gasteiger partial charge in [-0.25, -0.2) is 8.78 Å². The topological polar surface area (TPSA) is 75.6 Å². The number of halogens is 2. The number of aromatic nitrogens is 4. The van der Waals surface area contributed by atoms with Crippen molar-refractivity contribution in [1.82, 2.24) is 20.0 Å². The van der Waals surface area contributed by atoms with Gasteiger partial charge in [0.15, 0.2) is 0 Å². The fourth-order valence-electron chi connectivity index (χ4n) is 2.72. The van der Waals surface area contributed by atoms with Crippen LogP contribution in [0.2, 0.25) is 0 Å². The van der Waals surface area contributed by atoms with Crippen molar-refractivity contribution >= 4 is 11.6 Å². The summed E-state index contributed by atoms with van der Waals surface area (Å²) in [5, 5.41) is 13.6. The zero-order valence-electron chi connectivity index (χ0n) is 14.6. The Morgan fingerprint density at radius 3 is 2.68 bits per heavy atom. The van der Waals surface area contributed by atoms with Crippen molar-refractivity contribution in [1.29, 1.82) is 0 Å². The van der Waals surface area contributed by atoms with Gasteiger partial charge in [-0.15, -0.1) is 0 Å². The molecule has 28 heavy (non-hydrogen) atoms. The zero-order valence-corrected chi connectivity index (χ0v) is 14.6. The second-order valence-electron chi connectivity index (χ2n) is 6.15. The largest absolute Gasteiger partial charge is 0.318 e. The molecule has 4 aromatic rings. The molecule has 0 saturated carbocycles. The summed E-state index contributed by atoms with van der Waals surface area (Å²) in [5.41, 5.74) is 2.44. The fraction of sp³-hybridized carbons (Fsp3) is 0.0500. The van der Waals surface area contributed by atoms with Crippen molar-refractivity contribution in [2.75, 3.05) is 5.32 Å². The van der Waals surface area contributed by atoms with Gasteiger partial charge < -0.3 is 5.32 Å². The highest BCUT2D eigenvalue weighted by atomic mass is 19.1. The molecule has 2 aromatic heterocycles. The van der Waals surface area contributed by atoms with Crippen molar-refractivity contribution in [3.8, 4) is 11.3 Å². The summed E-state index contributed by atoms with van der Waals surface area (Å²) in [6.07, 6.45) is 3.09. The normalized spacial score (nSPS) is 10.8. The van der Waals surface area contributed by atoms with Crippen LogP contribution < -0.4 is 5.32 Å². The summed E-state index contributed by atoms with van der Waals surface area (Å²) in [6.45, 7) is 0.251. The number of rotatable bonds is 5. The number of hydrogen-bond donors (Lipinski definition) is 2. The van der Waals surface area contributed by atoms with Crippen LogP contribution in [0.5, 0.6) is 0 Å².